The highest BCUT2D eigenvalue weighted by Gasteiger charge is 2.15. The van der Waals surface area contributed by atoms with Crippen LogP contribution in [0.5, 0.6) is 0 Å². The number of fused-ring (bicyclic) bond motifs is 1. The van der Waals surface area contributed by atoms with Crippen molar-refractivity contribution in [1.82, 2.24) is 14.8 Å². The van der Waals surface area contributed by atoms with Crippen molar-refractivity contribution in [3.8, 4) is 0 Å². The first kappa shape index (κ1) is 22.3. The molecule has 0 saturated heterocycles. The van der Waals surface area contributed by atoms with Gasteiger partial charge in [-0.1, -0.05) is 29.8 Å². The second-order valence-electron chi connectivity index (χ2n) is 7.78. The maximum atomic E-state index is 12.8. The zero-order chi connectivity index (χ0) is 21.8. The quantitative estimate of drug-likeness (QED) is 0.548. The van der Waals surface area contributed by atoms with Crippen molar-refractivity contribution in [1.29, 1.82) is 0 Å². The molecule has 30 heavy (non-hydrogen) atoms. The summed E-state index contributed by atoms with van der Waals surface area (Å²) < 4.78 is 0. The molecule has 2 N–H and O–H groups in total. The molecule has 5 nitrogen and oxygen atoms in total. The van der Waals surface area contributed by atoms with Gasteiger partial charge in [-0.15, -0.1) is 0 Å². The van der Waals surface area contributed by atoms with Crippen molar-refractivity contribution in [2.45, 2.75) is 20.4 Å². The van der Waals surface area contributed by atoms with Crippen LogP contribution < -0.4 is 10.9 Å². The third kappa shape index (κ3) is 5.39. The SMILES string of the molecule is Cc1ccc(C)c2[nH]c(=O)c(CN(CCN(C)C)C(=S)Nc3cccc(Cl)c3)cc12. The van der Waals surface area contributed by atoms with Crippen molar-refractivity contribution >= 4 is 45.5 Å². The number of anilines is 1. The first-order valence-corrected chi connectivity index (χ1v) is 10.6. The molecule has 0 aliphatic rings. The van der Waals surface area contributed by atoms with Gasteiger partial charge in [-0.25, -0.2) is 0 Å². The summed E-state index contributed by atoms with van der Waals surface area (Å²) in [6, 6.07) is 13.5. The molecule has 3 aromatic rings. The van der Waals surface area contributed by atoms with Gasteiger partial charge in [0.1, 0.15) is 0 Å². The number of aromatic nitrogens is 1. The predicted octanol–water partition coefficient (Wildman–Crippen LogP) is 4.56. The van der Waals surface area contributed by atoms with Crippen LogP contribution in [0.1, 0.15) is 16.7 Å². The molecule has 0 saturated carbocycles. The van der Waals surface area contributed by atoms with Crippen LogP contribution in [-0.4, -0.2) is 47.1 Å². The lowest BCUT2D eigenvalue weighted by Crippen LogP contribution is -2.40. The zero-order valence-electron chi connectivity index (χ0n) is 17.8. The Morgan fingerprint density at radius 2 is 1.83 bits per heavy atom. The van der Waals surface area contributed by atoms with Gasteiger partial charge in [0.2, 0.25) is 0 Å². The van der Waals surface area contributed by atoms with Crippen molar-refractivity contribution < 1.29 is 0 Å². The molecule has 7 heteroatoms. The molecule has 158 valence electrons. The Labute approximate surface area is 187 Å². The maximum absolute atomic E-state index is 12.8. The summed E-state index contributed by atoms with van der Waals surface area (Å²) in [7, 11) is 4.03. The Bertz CT molecular complexity index is 1130. The Hall–Kier alpha value is -2.41. The number of aryl methyl sites for hydroxylation is 2. The van der Waals surface area contributed by atoms with Gasteiger partial charge in [-0.3, -0.25) is 4.79 Å². The molecule has 0 radical (unpaired) electrons. The number of rotatable bonds is 6. The van der Waals surface area contributed by atoms with E-state index in [2.05, 4.69) is 28.2 Å². The summed E-state index contributed by atoms with van der Waals surface area (Å²) in [5.74, 6) is 0. The number of nitrogens with zero attached hydrogens (tertiary/aromatic N) is 2. The van der Waals surface area contributed by atoms with Gasteiger partial charge in [0.15, 0.2) is 5.11 Å². The van der Waals surface area contributed by atoms with Gasteiger partial charge < -0.3 is 20.1 Å². The number of aromatic amines is 1. The lowest BCUT2D eigenvalue weighted by atomic mass is 10.0. The number of hydrogen-bond acceptors (Lipinski definition) is 3. The van der Waals surface area contributed by atoms with Crippen LogP contribution in [0.3, 0.4) is 0 Å². The van der Waals surface area contributed by atoms with Gasteiger partial charge in [0.25, 0.3) is 5.56 Å². The van der Waals surface area contributed by atoms with Crippen molar-refractivity contribution in [3.05, 3.63) is 74.5 Å². The Kier molecular flexibility index (Phi) is 7.13. The number of pyridine rings is 1. The average Bonchev–Trinajstić information content (AvgIpc) is 2.68. The maximum Gasteiger partial charge on any atom is 0.253 e. The molecule has 0 unspecified atom stereocenters. The zero-order valence-corrected chi connectivity index (χ0v) is 19.3. The summed E-state index contributed by atoms with van der Waals surface area (Å²) >= 11 is 11.8. The highest BCUT2D eigenvalue weighted by atomic mass is 35.5. The summed E-state index contributed by atoms with van der Waals surface area (Å²) in [6.07, 6.45) is 0. The van der Waals surface area contributed by atoms with E-state index in [1.165, 1.54) is 0 Å². The second-order valence-corrected chi connectivity index (χ2v) is 8.60. The summed E-state index contributed by atoms with van der Waals surface area (Å²) in [6.45, 7) is 5.97. The van der Waals surface area contributed by atoms with Gasteiger partial charge in [-0.2, -0.15) is 0 Å². The summed E-state index contributed by atoms with van der Waals surface area (Å²) in [5, 5.41) is 5.50. The van der Waals surface area contributed by atoms with Crippen LogP contribution in [0.25, 0.3) is 10.9 Å². The second kappa shape index (κ2) is 9.60. The third-order valence-electron chi connectivity index (χ3n) is 5.06. The van der Waals surface area contributed by atoms with Crippen molar-refractivity contribution in [2.24, 2.45) is 0 Å². The topological polar surface area (TPSA) is 51.4 Å². The summed E-state index contributed by atoms with van der Waals surface area (Å²) in [4.78, 5) is 20.0. The fourth-order valence-electron chi connectivity index (χ4n) is 3.28. The molecule has 0 amide bonds. The lowest BCUT2D eigenvalue weighted by molar-refractivity contribution is 0.327. The minimum absolute atomic E-state index is 0.0865. The van der Waals surface area contributed by atoms with Crippen LogP contribution in [0.2, 0.25) is 5.02 Å². The molecule has 1 aromatic heterocycles. The number of H-pyrrole nitrogens is 1. The molecule has 0 aliphatic carbocycles. The van der Waals surface area contributed by atoms with Crippen molar-refractivity contribution in [3.63, 3.8) is 0 Å². The van der Waals surface area contributed by atoms with E-state index in [-0.39, 0.29) is 5.56 Å². The van der Waals surface area contributed by atoms with E-state index in [0.717, 1.165) is 34.3 Å². The standard InChI is InChI=1S/C23H27ClN4OS/c1-15-8-9-16(2)21-20(15)12-17(22(29)26-21)14-28(11-10-27(3)4)23(30)25-19-7-5-6-18(24)13-19/h5-9,12-13H,10-11,14H2,1-4H3,(H,25,30)(H,26,29). The first-order valence-electron chi connectivity index (χ1n) is 9.83. The largest absolute Gasteiger partial charge is 0.343 e. The fraction of sp³-hybridized carbons (Fsp3) is 0.304. The highest BCUT2D eigenvalue weighted by molar-refractivity contribution is 7.80. The smallest absolute Gasteiger partial charge is 0.253 e. The molecule has 0 bridgehead atoms. The van der Waals surface area contributed by atoms with E-state index in [0.29, 0.717) is 28.8 Å². The number of halogens is 1. The molecule has 2 aromatic carbocycles. The normalized spacial score (nSPS) is 11.1. The summed E-state index contributed by atoms with van der Waals surface area (Å²) in [5.41, 5.74) is 4.50. The van der Waals surface area contributed by atoms with E-state index < -0.39 is 0 Å². The molecule has 0 aliphatic heterocycles. The van der Waals surface area contributed by atoms with E-state index in [4.69, 9.17) is 23.8 Å². The van der Waals surface area contributed by atoms with Crippen LogP contribution in [0.15, 0.2) is 47.3 Å². The van der Waals surface area contributed by atoms with E-state index >= 15 is 0 Å². The predicted molar refractivity (Wildman–Crippen MR) is 131 cm³/mol. The third-order valence-corrected chi connectivity index (χ3v) is 5.66. The highest BCUT2D eigenvalue weighted by Crippen LogP contribution is 2.21. The van der Waals surface area contributed by atoms with E-state index in [1.807, 2.05) is 62.3 Å². The van der Waals surface area contributed by atoms with Crippen LogP contribution in [-0.2, 0) is 6.54 Å². The van der Waals surface area contributed by atoms with Crippen molar-refractivity contribution in [2.75, 3.05) is 32.5 Å². The lowest BCUT2D eigenvalue weighted by Gasteiger charge is -2.27. The molecule has 0 fully saturated rings. The monoisotopic (exact) mass is 442 g/mol. The van der Waals surface area contributed by atoms with Crippen LogP contribution in [0, 0.1) is 13.8 Å². The Morgan fingerprint density at radius 1 is 1.10 bits per heavy atom. The van der Waals surface area contributed by atoms with Gasteiger partial charge in [0.05, 0.1) is 12.1 Å². The number of likely N-dealkylation sites (N-methyl/N-ethyl adjacent to an activating group) is 1. The molecule has 0 spiro atoms. The van der Waals surface area contributed by atoms with Crippen LogP contribution >= 0.6 is 23.8 Å². The molecule has 3 rings (SSSR count). The molecular formula is C23H27ClN4OS. The average molecular weight is 443 g/mol. The minimum Gasteiger partial charge on any atom is -0.343 e. The number of thiocarbonyl (C=S) groups is 1. The number of benzene rings is 2. The van der Waals surface area contributed by atoms with Crippen LogP contribution in [0.4, 0.5) is 5.69 Å². The van der Waals surface area contributed by atoms with Gasteiger partial charge in [-0.05, 0) is 75.6 Å². The molecule has 0 atom stereocenters. The Balaban J connectivity index is 1.91. The number of nitrogens with one attached hydrogen (secondary N) is 2. The molecular weight excluding hydrogens is 416 g/mol. The minimum atomic E-state index is -0.0865. The fourth-order valence-corrected chi connectivity index (χ4v) is 3.75. The van der Waals surface area contributed by atoms with E-state index in [9.17, 15) is 4.79 Å². The molecule has 1 heterocycles. The number of hydrogen-bond donors (Lipinski definition) is 2. The van der Waals surface area contributed by atoms with Gasteiger partial charge >= 0.3 is 0 Å². The van der Waals surface area contributed by atoms with Gasteiger partial charge in [0, 0.05) is 34.7 Å². The van der Waals surface area contributed by atoms with E-state index in [1.54, 1.807) is 0 Å². The first-order chi connectivity index (χ1) is 14.2. The Morgan fingerprint density at radius 3 is 2.53 bits per heavy atom.